The molecule has 0 saturated carbocycles. The number of nitrogens with one attached hydrogen (secondary N) is 1. The second kappa shape index (κ2) is 12.5. The number of aromatic nitrogens is 2. The fourth-order valence-electron chi connectivity index (χ4n) is 4.14. The van der Waals surface area contributed by atoms with Crippen molar-refractivity contribution in [1.82, 2.24) is 9.97 Å². The summed E-state index contributed by atoms with van der Waals surface area (Å²) in [6.07, 6.45) is 3.51. The van der Waals surface area contributed by atoms with E-state index in [1.807, 2.05) is 87.6 Å². The Hall–Kier alpha value is -4.59. The Bertz CT molecular complexity index is 1500. The summed E-state index contributed by atoms with van der Waals surface area (Å²) < 4.78 is 16.7. The molecule has 8 nitrogen and oxygen atoms in total. The van der Waals surface area contributed by atoms with Crippen LogP contribution in [0.25, 0.3) is 16.5 Å². The summed E-state index contributed by atoms with van der Waals surface area (Å²) in [4.78, 5) is 34.1. The summed E-state index contributed by atoms with van der Waals surface area (Å²) in [6.45, 7) is 7.96. The molecule has 0 bridgehead atoms. The third-order valence-corrected chi connectivity index (χ3v) is 6.01. The number of benzene rings is 2. The number of hydrogen-bond donors (Lipinski definition) is 1. The van der Waals surface area contributed by atoms with Gasteiger partial charge in [0.05, 0.1) is 13.2 Å². The lowest BCUT2D eigenvalue weighted by atomic mass is 9.97. The van der Waals surface area contributed by atoms with Crippen LogP contribution >= 0.6 is 0 Å². The Balaban J connectivity index is 1.50. The number of fused-ring (bicyclic) bond motifs is 1. The van der Waals surface area contributed by atoms with Crippen molar-refractivity contribution in [2.45, 2.75) is 39.7 Å². The SMILES string of the molecule is CCOC(=O)C=C(c1ccccc1)c1c[nH]c2ccc(OCCc3cccc(N(C)C(=O)OC(C)(C)C)n3)cc12. The van der Waals surface area contributed by atoms with Crippen LogP contribution in [0.5, 0.6) is 5.75 Å². The number of rotatable bonds is 9. The monoisotopic (exact) mass is 541 g/mol. The van der Waals surface area contributed by atoms with Gasteiger partial charge in [0.25, 0.3) is 0 Å². The molecule has 0 radical (unpaired) electrons. The van der Waals surface area contributed by atoms with Gasteiger partial charge in [0, 0.05) is 47.9 Å². The van der Waals surface area contributed by atoms with Crippen LogP contribution in [0, 0.1) is 0 Å². The van der Waals surface area contributed by atoms with Gasteiger partial charge < -0.3 is 19.2 Å². The highest BCUT2D eigenvalue weighted by atomic mass is 16.6. The normalized spacial score (nSPS) is 11.8. The van der Waals surface area contributed by atoms with E-state index in [0.29, 0.717) is 31.2 Å². The topological polar surface area (TPSA) is 93.8 Å². The molecule has 2 heterocycles. The molecule has 208 valence electrons. The highest BCUT2D eigenvalue weighted by Crippen LogP contribution is 2.32. The molecule has 0 spiro atoms. The molecule has 0 aliphatic carbocycles. The van der Waals surface area contributed by atoms with Gasteiger partial charge in [-0.05, 0) is 69.2 Å². The molecule has 2 aromatic heterocycles. The van der Waals surface area contributed by atoms with Crippen LogP contribution in [-0.2, 0) is 20.7 Å². The van der Waals surface area contributed by atoms with Crippen molar-refractivity contribution in [3.05, 3.63) is 95.8 Å². The zero-order chi connectivity index (χ0) is 28.7. The lowest BCUT2D eigenvalue weighted by molar-refractivity contribution is -0.137. The van der Waals surface area contributed by atoms with Crippen molar-refractivity contribution in [2.75, 3.05) is 25.2 Å². The maximum Gasteiger partial charge on any atom is 0.415 e. The van der Waals surface area contributed by atoms with E-state index in [9.17, 15) is 9.59 Å². The molecular weight excluding hydrogens is 506 g/mol. The van der Waals surface area contributed by atoms with E-state index in [2.05, 4.69) is 9.97 Å². The standard InChI is InChI=1S/C32H35N3O5/c1-6-38-30(36)20-25(22-11-8-7-9-12-22)27-21-33-28-16-15-24(19-26(27)28)39-18-17-23-13-10-14-29(34-23)35(5)31(37)40-32(2,3)4/h7-16,19-21,33H,6,17-18H2,1-5H3. The van der Waals surface area contributed by atoms with E-state index < -0.39 is 17.7 Å². The molecule has 0 aliphatic heterocycles. The number of aromatic amines is 1. The number of H-pyrrole nitrogens is 1. The fourth-order valence-corrected chi connectivity index (χ4v) is 4.14. The second-order valence-electron chi connectivity index (χ2n) is 10.2. The van der Waals surface area contributed by atoms with Gasteiger partial charge in [-0.25, -0.2) is 14.6 Å². The van der Waals surface area contributed by atoms with Crippen LogP contribution < -0.4 is 9.64 Å². The first kappa shape index (κ1) is 28.4. The minimum absolute atomic E-state index is 0.304. The number of carbonyl (C=O) groups excluding carboxylic acids is 2. The molecule has 0 fully saturated rings. The maximum absolute atomic E-state index is 12.4. The van der Waals surface area contributed by atoms with Gasteiger partial charge in [0.15, 0.2) is 0 Å². The largest absolute Gasteiger partial charge is 0.493 e. The van der Waals surface area contributed by atoms with Crippen LogP contribution in [0.4, 0.5) is 10.6 Å². The van der Waals surface area contributed by atoms with Crippen LogP contribution in [-0.4, -0.2) is 47.9 Å². The van der Waals surface area contributed by atoms with Gasteiger partial charge in [0.2, 0.25) is 0 Å². The smallest absolute Gasteiger partial charge is 0.415 e. The highest BCUT2D eigenvalue weighted by Gasteiger charge is 2.21. The lowest BCUT2D eigenvalue weighted by Gasteiger charge is -2.24. The zero-order valence-corrected chi connectivity index (χ0v) is 23.6. The lowest BCUT2D eigenvalue weighted by Crippen LogP contribution is -2.34. The van der Waals surface area contributed by atoms with Crippen LogP contribution in [0.1, 0.15) is 44.5 Å². The van der Waals surface area contributed by atoms with E-state index in [1.165, 1.54) is 11.0 Å². The molecule has 1 amide bonds. The van der Waals surface area contributed by atoms with Gasteiger partial charge >= 0.3 is 12.1 Å². The average molecular weight is 542 g/mol. The number of esters is 1. The predicted octanol–water partition coefficient (Wildman–Crippen LogP) is 6.55. The van der Waals surface area contributed by atoms with Gasteiger partial charge in [-0.15, -0.1) is 0 Å². The van der Waals surface area contributed by atoms with E-state index in [1.54, 1.807) is 20.0 Å². The molecule has 0 unspecified atom stereocenters. The number of anilines is 1. The molecule has 40 heavy (non-hydrogen) atoms. The van der Waals surface area contributed by atoms with E-state index in [-0.39, 0.29) is 0 Å². The third kappa shape index (κ3) is 7.28. The maximum atomic E-state index is 12.4. The van der Waals surface area contributed by atoms with Crippen molar-refractivity contribution in [3.8, 4) is 5.75 Å². The van der Waals surface area contributed by atoms with Crippen molar-refractivity contribution in [1.29, 1.82) is 0 Å². The van der Waals surface area contributed by atoms with Gasteiger partial charge in [-0.1, -0.05) is 36.4 Å². The first-order valence-electron chi connectivity index (χ1n) is 13.3. The minimum atomic E-state index is -0.590. The van der Waals surface area contributed by atoms with Crippen molar-refractivity contribution < 1.29 is 23.8 Å². The summed E-state index contributed by atoms with van der Waals surface area (Å²) in [5.74, 6) is 0.807. The van der Waals surface area contributed by atoms with E-state index >= 15 is 0 Å². The molecule has 0 aliphatic rings. The Morgan fingerprint density at radius 2 is 1.80 bits per heavy atom. The molecule has 2 aromatic carbocycles. The zero-order valence-electron chi connectivity index (χ0n) is 23.6. The first-order valence-corrected chi connectivity index (χ1v) is 13.3. The van der Waals surface area contributed by atoms with E-state index in [0.717, 1.165) is 33.3 Å². The molecular formula is C32H35N3O5. The minimum Gasteiger partial charge on any atom is -0.493 e. The number of amides is 1. The van der Waals surface area contributed by atoms with Crippen LogP contribution in [0.15, 0.2) is 79.0 Å². The Labute approximate surface area is 234 Å². The average Bonchev–Trinajstić information content (AvgIpc) is 3.34. The fraction of sp³-hybridized carbons (Fsp3) is 0.281. The summed E-state index contributed by atoms with van der Waals surface area (Å²) in [6, 6.07) is 21.1. The predicted molar refractivity (Wildman–Crippen MR) is 157 cm³/mol. The van der Waals surface area contributed by atoms with Crippen LogP contribution in [0.3, 0.4) is 0 Å². The summed E-state index contributed by atoms with van der Waals surface area (Å²) in [5.41, 5.74) is 3.67. The van der Waals surface area contributed by atoms with Gasteiger partial charge in [-0.3, -0.25) is 4.90 Å². The molecule has 0 saturated heterocycles. The summed E-state index contributed by atoms with van der Waals surface area (Å²) >= 11 is 0. The Morgan fingerprint density at radius 3 is 2.52 bits per heavy atom. The van der Waals surface area contributed by atoms with Crippen LogP contribution in [0.2, 0.25) is 0 Å². The van der Waals surface area contributed by atoms with Crippen molar-refractivity contribution in [3.63, 3.8) is 0 Å². The second-order valence-corrected chi connectivity index (χ2v) is 10.2. The number of carbonyl (C=O) groups is 2. The molecule has 0 atom stereocenters. The summed E-state index contributed by atoms with van der Waals surface area (Å²) in [5, 5.41) is 0.927. The quantitative estimate of drug-likeness (QED) is 0.191. The highest BCUT2D eigenvalue weighted by molar-refractivity contribution is 6.03. The Morgan fingerprint density at radius 1 is 1.02 bits per heavy atom. The molecule has 1 N–H and O–H groups in total. The van der Waals surface area contributed by atoms with Gasteiger partial charge in [0.1, 0.15) is 17.2 Å². The first-order chi connectivity index (χ1) is 19.1. The van der Waals surface area contributed by atoms with E-state index in [4.69, 9.17) is 14.2 Å². The Kier molecular flexibility index (Phi) is 8.89. The summed E-state index contributed by atoms with van der Waals surface area (Å²) in [7, 11) is 1.64. The molecule has 4 rings (SSSR count). The molecule has 4 aromatic rings. The number of hydrogen-bond acceptors (Lipinski definition) is 6. The van der Waals surface area contributed by atoms with Crippen molar-refractivity contribution in [2.24, 2.45) is 0 Å². The number of pyridine rings is 1. The third-order valence-electron chi connectivity index (χ3n) is 6.01. The number of ether oxygens (including phenoxy) is 3. The van der Waals surface area contributed by atoms with Crippen molar-refractivity contribution >= 4 is 34.4 Å². The molecule has 8 heteroatoms. The van der Waals surface area contributed by atoms with Gasteiger partial charge in [-0.2, -0.15) is 0 Å². The number of nitrogens with zero attached hydrogens (tertiary/aromatic N) is 2.